The van der Waals surface area contributed by atoms with E-state index in [1.54, 1.807) is 42.5 Å². The van der Waals surface area contributed by atoms with Crippen LogP contribution in [0.3, 0.4) is 0 Å². The van der Waals surface area contributed by atoms with Crippen molar-refractivity contribution < 1.29 is 29.0 Å². The van der Waals surface area contributed by atoms with Crippen molar-refractivity contribution in [2.24, 2.45) is 0 Å². The van der Waals surface area contributed by atoms with Gasteiger partial charge in [0, 0.05) is 12.1 Å². The minimum absolute atomic E-state index is 0.0360. The van der Waals surface area contributed by atoms with Crippen molar-refractivity contribution in [3.63, 3.8) is 0 Å². The van der Waals surface area contributed by atoms with Gasteiger partial charge in [0.2, 0.25) is 0 Å². The highest BCUT2D eigenvalue weighted by Gasteiger charge is 2.46. The van der Waals surface area contributed by atoms with Crippen molar-refractivity contribution in [3.8, 4) is 5.75 Å². The summed E-state index contributed by atoms with van der Waals surface area (Å²) in [4.78, 5) is 40.4. The van der Waals surface area contributed by atoms with E-state index in [0.29, 0.717) is 30.1 Å². The lowest BCUT2D eigenvalue weighted by molar-refractivity contribution is -0.140. The summed E-state index contributed by atoms with van der Waals surface area (Å²) in [5.41, 5.74) is 4.10. The molecule has 0 saturated carbocycles. The molecule has 0 aromatic heterocycles. The van der Waals surface area contributed by atoms with Gasteiger partial charge in [-0.25, -0.2) is 4.79 Å². The Morgan fingerprint density at radius 1 is 0.949 bits per heavy atom. The van der Waals surface area contributed by atoms with Gasteiger partial charge in [-0.15, -0.1) is 0 Å². The van der Waals surface area contributed by atoms with E-state index < -0.39 is 23.7 Å². The third-order valence-electron chi connectivity index (χ3n) is 6.63. The Labute approximate surface area is 228 Å². The molecule has 3 aromatic carbocycles. The third kappa shape index (κ3) is 5.87. The lowest BCUT2D eigenvalue weighted by atomic mass is 9.94. The molecule has 202 valence electrons. The van der Waals surface area contributed by atoms with E-state index in [4.69, 9.17) is 9.47 Å². The molecule has 1 atom stereocenters. The number of carbonyl (C=O) groups excluding carboxylic acids is 3. The maximum Gasteiger partial charge on any atom is 0.338 e. The topological polar surface area (TPSA) is 93.1 Å². The molecule has 1 aliphatic heterocycles. The highest BCUT2D eigenvalue weighted by Crippen LogP contribution is 2.41. The zero-order valence-corrected chi connectivity index (χ0v) is 22.7. The second-order valence-corrected chi connectivity index (χ2v) is 9.59. The average molecular weight is 528 g/mol. The van der Waals surface area contributed by atoms with Gasteiger partial charge in [-0.1, -0.05) is 48.9 Å². The summed E-state index contributed by atoms with van der Waals surface area (Å²) in [6.07, 6.45) is 0.730. The number of rotatable bonds is 9. The summed E-state index contributed by atoms with van der Waals surface area (Å²) in [6.45, 7) is 8.57. The molecule has 0 radical (unpaired) electrons. The molecule has 4 rings (SSSR count). The third-order valence-corrected chi connectivity index (χ3v) is 6.63. The Morgan fingerprint density at radius 2 is 1.67 bits per heavy atom. The molecule has 1 heterocycles. The number of hydrogen-bond donors (Lipinski definition) is 1. The van der Waals surface area contributed by atoms with Gasteiger partial charge < -0.3 is 19.5 Å². The van der Waals surface area contributed by atoms with E-state index >= 15 is 0 Å². The van der Waals surface area contributed by atoms with Crippen LogP contribution in [0, 0.1) is 13.8 Å². The highest BCUT2D eigenvalue weighted by molar-refractivity contribution is 6.46. The summed E-state index contributed by atoms with van der Waals surface area (Å²) < 4.78 is 10.8. The highest BCUT2D eigenvalue weighted by atomic mass is 16.5. The molecular weight excluding hydrogens is 494 g/mol. The van der Waals surface area contributed by atoms with E-state index in [-0.39, 0.29) is 17.9 Å². The first kappa shape index (κ1) is 27.6. The first-order valence-corrected chi connectivity index (χ1v) is 13.1. The number of benzene rings is 3. The van der Waals surface area contributed by atoms with Crippen LogP contribution in [-0.4, -0.2) is 40.9 Å². The number of esters is 1. The molecule has 1 unspecified atom stereocenters. The number of aliphatic hydroxyl groups is 1. The number of nitrogens with zero attached hydrogens (tertiary/aromatic N) is 1. The minimum Gasteiger partial charge on any atom is -0.507 e. The van der Waals surface area contributed by atoms with Gasteiger partial charge in [0.15, 0.2) is 0 Å². The van der Waals surface area contributed by atoms with Crippen molar-refractivity contribution >= 4 is 23.4 Å². The molecule has 7 nitrogen and oxygen atoms in total. The molecule has 1 amide bonds. The minimum atomic E-state index is -0.786. The lowest BCUT2D eigenvalue weighted by Gasteiger charge is -2.26. The van der Waals surface area contributed by atoms with Crippen LogP contribution in [0.4, 0.5) is 0 Å². The van der Waals surface area contributed by atoms with Crippen LogP contribution in [-0.2, 0) is 20.9 Å². The zero-order valence-electron chi connectivity index (χ0n) is 22.7. The van der Waals surface area contributed by atoms with Gasteiger partial charge >= 0.3 is 5.97 Å². The average Bonchev–Trinajstić information content (AvgIpc) is 3.18. The van der Waals surface area contributed by atoms with Crippen LogP contribution in [0.1, 0.15) is 64.5 Å². The van der Waals surface area contributed by atoms with Crippen molar-refractivity contribution in [1.82, 2.24) is 4.90 Å². The van der Waals surface area contributed by atoms with Crippen LogP contribution < -0.4 is 4.74 Å². The maximum absolute atomic E-state index is 13.4. The van der Waals surface area contributed by atoms with Crippen LogP contribution in [0.2, 0.25) is 0 Å². The van der Waals surface area contributed by atoms with Crippen LogP contribution in [0.5, 0.6) is 5.75 Å². The number of aliphatic hydroxyl groups excluding tert-OH is 1. The Balaban J connectivity index is 1.74. The molecule has 0 bridgehead atoms. The molecule has 1 fully saturated rings. The number of carbonyl (C=O) groups is 3. The molecule has 1 aliphatic rings. The number of Topliss-reactive ketones (excluding diaryl/α,β-unsaturated/α-hetero) is 1. The van der Waals surface area contributed by atoms with Crippen molar-refractivity contribution in [1.29, 1.82) is 0 Å². The second-order valence-electron chi connectivity index (χ2n) is 9.59. The summed E-state index contributed by atoms with van der Waals surface area (Å²) in [5.74, 6) is -1.40. The summed E-state index contributed by atoms with van der Waals surface area (Å²) >= 11 is 0. The van der Waals surface area contributed by atoms with E-state index in [9.17, 15) is 19.5 Å². The van der Waals surface area contributed by atoms with Crippen LogP contribution in [0.15, 0.2) is 72.3 Å². The normalized spacial score (nSPS) is 16.4. The molecular formula is C32H33NO6. The summed E-state index contributed by atoms with van der Waals surface area (Å²) in [5, 5.41) is 11.4. The fourth-order valence-electron chi connectivity index (χ4n) is 4.72. The van der Waals surface area contributed by atoms with Gasteiger partial charge in [-0.2, -0.15) is 0 Å². The first-order valence-electron chi connectivity index (χ1n) is 13.1. The van der Waals surface area contributed by atoms with Crippen molar-refractivity contribution in [2.45, 2.75) is 46.7 Å². The van der Waals surface area contributed by atoms with Crippen molar-refractivity contribution in [2.75, 3.05) is 13.2 Å². The van der Waals surface area contributed by atoms with Crippen molar-refractivity contribution in [3.05, 3.63) is 106 Å². The maximum atomic E-state index is 13.4. The van der Waals surface area contributed by atoms with Gasteiger partial charge in [-0.3, -0.25) is 9.59 Å². The van der Waals surface area contributed by atoms with Crippen LogP contribution in [0.25, 0.3) is 5.76 Å². The fraction of sp³-hybridized carbons (Fsp3) is 0.281. The Kier molecular flexibility index (Phi) is 8.49. The predicted molar refractivity (Wildman–Crippen MR) is 148 cm³/mol. The number of likely N-dealkylation sites (tertiary alicyclic amines) is 1. The predicted octanol–water partition coefficient (Wildman–Crippen LogP) is 5.89. The van der Waals surface area contributed by atoms with Gasteiger partial charge in [0.25, 0.3) is 11.7 Å². The van der Waals surface area contributed by atoms with E-state index in [1.165, 1.54) is 4.90 Å². The molecule has 0 aliphatic carbocycles. The molecule has 7 heteroatoms. The van der Waals surface area contributed by atoms with Gasteiger partial charge in [0.05, 0.1) is 30.4 Å². The number of aryl methyl sites for hydroxylation is 2. The first-order chi connectivity index (χ1) is 18.7. The number of ether oxygens (including phenoxy) is 2. The number of amides is 1. The smallest absolute Gasteiger partial charge is 0.338 e. The molecule has 1 N–H and O–H groups in total. The fourth-order valence-corrected chi connectivity index (χ4v) is 4.72. The zero-order chi connectivity index (χ0) is 28.1. The number of ketones is 1. The van der Waals surface area contributed by atoms with E-state index in [0.717, 1.165) is 28.7 Å². The molecule has 1 saturated heterocycles. The molecule has 3 aromatic rings. The SMILES string of the molecule is CCCOC(=O)c1ccc(CN2C(=O)C(=O)/C(=C(\O)c3ccc(OCC)c(C)c3)C2c2cccc(C)c2)cc1. The van der Waals surface area contributed by atoms with E-state index in [2.05, 4.69) is 0 Å². The number of hydrogen-bond acceptors (Lipinski definition) is 6. The molecule has 0 spiro atoms. The van der Waals surface area contributed by atoms with Crippen LogP contribution >= 0.6 is 0 Å². The lowest BCUT2D eigenvalue weighted by Crippen LogP contribution is -2.29. The van der Waals surface area contributed by atoms with Gasteiger partial charge in [-0.05, 0) is 74.2 Å². The quantitative estimate of drug-likeness (QED) is 0.161. The van der Waals surface area contributed by atoms with E-state index in [1.807, 2.05) is 52.0 Å². The molecule has 39 heavy (non-hydrogen) atoms. The Morgan fingerprint density at radius 3 is 2.31 bits per heavy atom. The second kappa shape index (κ2) is 12.0. The summed E-state index contributed by atoms with van der Waals surface area (Å²) in [6, 6.07) is 18.7. The summed E-state index contributed by atoms with van der Waals surface area (Å²) in [7, 11) is 0. The largest absolute Gasteiger partial charge is 0.507 e. The Bertz CT molecular complexity index is 1420. The monoisotopic (exact) mass is 527 g/mol. The Hall–Kier alpha value is -4.39. The standard InChI is InChI=1S/C32H33NO6/c1-5-16-39-32(37)23-12-10-22(11-13-23)19-33-28(24-9-7-8-20(3)17-24)27(30(35)31(33)36)29(34)25-14-15-26(38-6-2)21(4)18-25/h7-15,17-18,28,34H,5-6,16,19H2,1-4H3/b29-27-. The van der Waals surface area contributed by atoms with Gasteiger partial charge in [0.1, 0.15) is 11.5 Å².